The van der Waals surface area contributed by atoms with Crippen LogP contribution in [0.15, 0.2) is 65.2 Å². The molecule has 2 aromatic heterocycles. The highest BCUT2D eigenvalue weighted by atomic mass is 17.2. The van der Waals surface area contributed by atoms with E-state index >= 15 is 0 Å². The molecule has 4 aromatic rings. The molecule has 0 saturated heterocycles. The third-order valence-corrected chi connectivity index (χ3v) is 5.47. The number of hydrogen-bond donors (Lipinski definition) is 1. The predicted octanol–water partition coefficient (Wildman–Crippen LogP) is 6.45. The third kappa shape index (κ3) is 4.81. The van der Waals surface area contributed by atoms with Gasteiger partial charge in [-0.1, -0.05) is 68.8 Å². The van der Waals surface area contributed by atoms with Crippen molar-refractivity contribution in [3.8, 4) is 11.3 Å². The van der Waals surface area contributed by atoms with E-state index in [1.807, 2.05) is 48.7 Å². The summed E-state index contributed by atoms with van der Waals surface area (Å²) in [5.41, 5.74) is 3.88. The standard InChI is InChI=1S/C25H28N2O3/c1-3-18(2)13-14-24-27-23(17-29-28-16-19-9-5-4-6-10-19)25(30-24)21-15-26-22-12-8-7-11-20(21)22/h4-12,15,18,26H,3,13-14,16-17H2,1-2H3/t18-/m0/s1. The molecule has 0 unspecified atom stereocenters. The number of nitrogens with zero attached hydrogens (tertiary/aromatic N) is 1. The Morgan fingerprint density at radius 2 is 1.77 bits per heavy atom. The van der Waals surface area contributed by atoms with Crippen molar-refractivity contribution in [1.29, 1.82) is 0 Å². The van der Waals surface area contributed by atoms with Gasteiger partial charge in [-0.15, -0.1) is 0 Å². The van der Waals surface area contributed by atoms with Crippen LogP contribution in [0.3, 0.4) is 0 Å². The van der Waals surface area contributed by atoms with Gasteiger partial charge in [-0.25, -0.2) is 14.8 Å². The number of H-pyrrole nitrogens is 1. The van der Waals surface area contributed by atoms with Gasteiger partial charge in [-0.3, -0.25) is 0 Å². The normalized spacial score (nSPS) is 12.5. The lowest BCUT2D eigenvalue weighted by Gasteiger charge is -2.04. The summed E-state index contributed by atoms with van der Waals surface area (Å²) in [5.74, 6) is 2.13. The summed E-state index contributed by atoms with van der Waals surface area (Å²) in [5, 5.41) is 1.11. The van der Waals surface area contributed by atoms with E-state index in [1.165, 1.54) is 0 Å². The maximum Gasteiger partial charge on any atom is 0.195 e. The number of hydrogen-bond acceptors (Lipinski definition) is 4. The van der Waals surface area contributed by atoms with Crippen molar-refractivity contribution in [2.45, 2.75) is 46.3 Å². The number of benzene rings is 2. The summed E-state index contributed by atoms with van der Waals surface area (Å²) in [6, 6.07) is 18.1. The first-order chi connectivity index (χ1) is 14.7. The molecule has 5 nitrogen and oxygen atoms in total. The van der Waals surface area contributed by atoms with Gasteiger partial charge in [0, 0.05) is 29.1 Å². The zero-order chi connectivity index (χ0) is 20.8. The number of nitrogens with one attached hydrogen (secondary N) is 1. The molecule has 5 heteroatoms. The van der Waals surface area contributed by atoms with E-state index < -0.39 is 0 Å². The molecule has 1 atom stereocenters. The number of para-hydroxylation sites is 1. The van der Waals surface area contributed by atoms with Gasteiger partial charge in [0.05, 0.1) is 0 Å². The Bertz CT molecular complexity index is 1070. The lowest BCUT2D eigenvalue weighted by atomic mass is 10.0. The third-order valence-electron chi connectivity index (χ3n) is 5.47. The van der Waals surface area contributed by atoms with E-state index in [2.05, 4.69) is 31.0 Å². The van der Waals surface area contributed by atoms with E-state index in [0.29, 0.717) is 12.5 Å². The lowest BCUT2D eigenvalue weighted by Crippen LogP contribution is -1.99. The average molecular weight is 405 g/mol. The van der Waals surface area contributed by atoms with Crippen LogP contribution in [-0.2, 0) is 29.4 Å². The molecular weight excluding hydrogens is 376 g/mol. The molecule has 0 fully saturated rings. The van der Waals surface area contributed by atoms with Crippen LogP contribution in [0, 0.1) is 5.92 Å². The molecule has 0 spiro atoms. The lowest BCUT2D eigenvalue weighted by molar-refractivity contribution is -0.313. The fourth-order valence-electron chi connectivity index (χ4n) is 3.43. The van der Waals surface area contributed by atoms with Crippen LogP contribution in [0.1, 0.15) is 43.8 Å². The van der Waals surface area contributed by atoms with Gasteiger partial charge in [-0.05, 0) is 24.0 Å². The quantitative estimate of drug-likeness (QED) is 0.187. The van der Waals surface area contributed by atoms with E-state index in [-0.39, 0.29) is 6.61 Å². The molecule has 30 heavy (non-hydrogen) atoms. The molecule has 0 saturated carbocycles. The Labute approximate surface area is 177 Å². The zero-order valence-corrected chi connectivity index (χ0v) is 17.6. The SMILES string of the molecule is CC[C@H](C)CCc1nc(COOCc2ccccc2)c(-c2c[nH]c3ccccc23)o1. The van der Waals surface area contributed by atoms with Crippen molar-refractivity contribution in [2.24, 2.45) is 5.92 Å². The smallest absolute Gasteiger partial charge is 0.195 e. The Kier molecular flexibility index (Phi) is 6.62. The highest BCUT2D eigenvalue weighted by Crippen LogP contribution is 2.32. The van der Waals surface area contributed by atoms with Gasteiger partial charge < -0.3 is 9.40 Å². The highest BCUT2D eigenvalue weighted by Gasteiger charge is 2.19. The van der Waals surface area contributed by atoms with Crippen molar-refractivity contribution < 1.29 is 14.2 Å². The molecule has 156 valence electrons. The monoisotopic (exact) mass is 404 g/mol. The van der Waals surface area contributed by atoms with Gasteiger partial charge in [0.25, 0.3) is 0 Å². The molecule has 4 rings (SSSR count). The summed E-state index contributed by atoms with van der Waals surface area (Å²) < 4.78 is 6.21. The summed E-state index contributed by atoms with van der Waals surface area (Å²) in [6.07, 6.45) is 4.99. The molecule has 1 N–H and O–H groups in total. The Balaban J connectivity index is 1.52. The van der Waals surface area contributed by atoms with Crippen LogP contribution in [-0.4, -0.2) is 9.97 Å². The van der Waals surface area contributed by atoms with Crippen LogP contribution < -0.4 is 0 Å². The fraction of sp³-hybridized carbons (Fsp3) is 0.320. The van der Waals surface area contributed by atoms with E-state index in [1.54, 1.807) is 0 Å². The predicted molar refractivity (Wildman–Crippen MR) is 118 cm³/mol. The number of aromatic amines is 1. The van der Waals surface area contributed by atoms with Gasteiger partial charge in [0.1, 0.15) is 18.9 Å². The summed E-state index contributed by atoms with van der Waals surface area (Å²) in [6.45, 7) is 5.09. The second-order valence-corrected chi connectivity index (χ2v) is 7.69. The maximum atomic E-state index is 6.21. The van der Waals surface area contributed by atoms with Crippen LogP contribution in [0.4, 0.5) is 0 Å². The summed E-state index contributed by atoms with van der Waals surface area (Å²) >= 11 is 0. The van der Waals surface area contributed by atoms with Crippen LogP contribution in [0.2, 0.25) is 0 Å². The number of fused-ring (bicyclic) bond motifs is 1. The van der Waals surface area contributed by atoms with Crippen molar-refractivity contribution in [1.82, 2.24) is 9.97 Å². The summed E-state index contributed by atoms with van der Waals surface area (Å²) in [4.78, 5) is 19.0. The molecule has 0 amide bonds. The first-order valence-corrected chi connectivity index (χ1v) is 10.6. The summed E-state index contributed by atoms with van der Waals surface area (Å²) in [7, 11) is 0. The van der Waals surface area contributed by atoms with Crippen molar-refractivity contribution in [3.05, 3.63) is 77.9 Å². The molecule has 0 aliphatic carbocycles. The molecule has 0 aliphatic rings. The average Bonchev–Trinajstić information content (AvgIpc) is 3.39. The highest BCUT2D eigenvalue weighted by molar-refractivity contribution is 5.94. The Morgan fingerprint density at radius 1 is 1.00 bits per heavy atom. The van der Waals surface area contributed by atoms with Gasteiger partial charge in [-0.2, -0.15) is 0 Å². The largest absolute Gasteiger partial charge is 0.440 e. The van der Waals surface area contributed by atoms with Crippen molar-refractivity contribution in [3.63, 3.8) is 0 Å². The molecule has 0 radical (unpaired) electrons. The first kappa shape index (κ1) is 20.4. The number of oxazole rings is 1. The van der Waals surface area contributed by atoms with Gasteiger partial charge in [0.2, 0.25) is 0 Å². The van der Waals surface area contributed by atoms with E-state index in [9.17, 15) is 0 Å². The number of rotatable bonds is 10. The van der Waals surface area contributed by atoms with E-state index in [4.69, 9.17) is 19.2 Å². The minimum absolute atomic E-state index is 0.231. The van der Waals surface area contributed by atoms with Gasteiger partial charge in [0.15, 0.2) is 11.7 Å². The van der Waals surface area contributed by atoms with Crippen molar-refractivity contribution in [2.75, 3.05) is 0 Å². The molecule has 2 aromatic carbocycles. The fourth-order valence-corrected chi connectivity index (χ4v) is 3.43. The Morgan fingerprint density at radius 3 is 2.60 bits per heavy atom. The molecular formula is C25H28N2O3. The second-order valence-electron chi connectivity index (χ2n) is 7.69. The molecule has 2 heterocycles. The number of aryl methyl sites for hydroxylation is 1. The van der Waals surface area contributed by atoms with Crippen LogP contribution in [0.5, 0.6) is 0 Å². The van der Waals surface area contributed by atoms with Crippen LogP contribution >= 0.6 is 0 Å². The Hall–Kier alpha value is -2.89. The minimum atomic E-state index is 0.231. The zero-order valence-electron chi connectivity index (χ0n) is 17.6. The first-order valence-electron chi connectivity index (χ1n) is 10.6. The number of aromatic nitrogens is 2. The maximum absolute atomic E-state index is 6.21. The van der Waals surface area contributed by atoms with Crippen molar-refractivity contribution >= 4 is 10.9 Å². The minimum Gasteiger partial charge on any atom is -0.440 e. The molecule has 0 bridgehead atoms. The van der Waals surface area contributed by atoms with Crippen LogP contribution in [0.25, 0.3) is 22.2 Å². The topological polar surface area (TPSA) is 60.3 Å². The van der Waals surface area contributed by atoms with Gasteiger partial charge >= 0.3 is 0 Å². The second kappa shape index (κ2) is 9.74. The van der Waals surface area contributed by atoms with E-state index in [0.717, 1.165) is 58.6 Å². The molecule has 0 aliphatic heterocycles.